The molecule has 4 nitrogen and oxygen atoms in total. The molecule has 5 aromatic carbocycles. The highest BCUT2D eigenvalue weighted by Gasteiger charge is 2.36. The fraction of sp³-hybridized carbons (Fsp3) is 0. The van der Waals surface area contributed by atoms with E-state index >= 15 is 0 Å². The molecule has 163 valence electrons. The summed E-state index contributed by atoms with van der Waals surface area (Å²) in [5.41, 5.74) is 8.68. The zero-order valence-corrected chi connectivity index (χ0v) is 18.7. The molecule has 0 atom stereocenters. The minimum absolute atomic E-state index is 0.846. The molecule has 0 aliphatic carbocycles. The summed E-state index contributed by atoms with van der Waals surface area (Å²) in [7, 11) is 2.28. The lowest BCUT2D eigenvalue weighted by Crippen LogP contribution is -2.43. The number of benzene rings is 5. The number of para-hydroxylation sites is 7. The Morgan fingerprint density at radius 2 is 0.886 bits per heavy atom. The van der Waals surface area contributed by atoms with Crippen LogP contribution in [-0.4, -0.2) is 7.28 Å². The number of hydrogen-bond donors (Lipinski definition) is 0. The van der Waals surface area contributed by atoms with Crippen molar-refractivity contribution < 1.29 is 9.47 Å². The summed E-state index contributed by atoms with van der Waals surface area (Å²) in [5.74, 6) is 3.42. The highest BCUT2D eigenvalue weighted by molar-refractivity contribution is 6.73. The van der Waals surface area contributed by atoms with E-state index in [1.807, 2.05) is 42.5 Å². The summed E-state index contributed by atoms with van der Waals surface area (Å²) in [6, 6.07) is 37.4. The molecule has 8 rings (SSSR count). The van der Waals surface area contributed by atoms with Gasteiger partial charge in [-0.3, -0.25) is 0 Å². The van der Waals surface area contributed by atoms with E-state index in [4.69, 9.17) is 9.47 Å². The van der Waals surface area contributed by atoms with Gasteiger partial charge in [-0.05, 0) is 60.1 Å². The first-order valence-corrected chi connectivity index (χ1v) is 11.7. The van der Waals surface area contributed by atoms with Crippen LogP contribution in [0.25, 0.3) is 0 Å². The van der Waals surface area contributed by atoms with Gasteiger partial charge in [0.05, 0.1) is 22.7 Å². The Kier molecular flexibility index (Phi) is 3.72. The zero-order valence-electron chi connectivity index (χ0n) is 18.7. The first kappa shape index (κ1) is 18.8. The van der Waals surface area contributed by atoms with Gasteiger partial charge in [-0.2, -0.15) is 0 Å². The maximum absolute atomic E-state index is 6.29. The number of ether oxygens (including phenoxy) is 2. The summed E-state index contributed by atoms with van der Waals surface area (Å²) >= 11 is 0. The molecule has 0 aromatic heterocycles. The highest BCUT2D eigenvalue weighted by atomic mass is 16.5. The number of anilines is 6. The second-order valence-electron chi connectivity index (χ2n) is 8.83. The van der Waals surface area contributed by atoms with Gasteiger partial charge >= 0.3 is 0 Å². The van der Waals surface area contributed by atoms with E-state index in [2.05, 4.69) is 83.8 Å². The topological polar surface area (TPSA) is 24.9 Å². The molecule has 3 heterocycles. The molecule has 0 saturated heterocycles. The van der Waals surface area contributed by atoms with Crippen LogP contribution in [0.5, 0.6) is 23.0 Å². The lowest BCUT2D eigenvalue weighted by molar-refractivity contribution is 0.477. The second-order valence-corrected chi connectivity index (χ2v) is 8.83. The standard InChI is InChI=1S/C30H18BN2O2/c1-4-15-25-20(10-1)32(21-11-2-5-16-26(21)34-25)23-13-8-14-24-29(23)31-19-9-7-18-28-30(19)33(24)22-12-3-6-17-27(22)35-28/h1-18H. The zero-order chi connectivity index (χ0) is 22.9. The van der Waals surface area contributed by atoms with Crippen molar-refractivity contribution in [1.29, 1.82) is 0 Å². The van der Waals surface area contributed by atoms with Crippen LogP contribution in [0.2, 0.25) is 0 Å². The summed E-state index contributed by atoms with van der Waals surface area (Å²) in [4.78, 5) is 4.64. The number of rotatable bonds is 1. The molecule has 5 aromatic rings. The Morgan fingerprint density at radius 1 is 0.429 bits per heavy atom. The molecule has 3 aliphatic rings. The van der Waals surface area contributed by atoms with Crippen molar-refractivity contribution in [3.8, 4) is 23.0 Å². The quantitative estimate of drug-likeness (QED) is 0.257. The van der Waals surface area contributed by atoms with Crippen LogP contribution in [0.1, 0.15) is 0 Å². The Bertz CT molecular complexity index is 1620. The van der Waals surface area contributed by atoms with E-state index in [1.54, 1.807) is 0 Å². The third-order valence-electron chi connectivity index (χ3n) is 6.85. The van der Waals surface area contributed by atoms with Crippen molar-refractivity contribution in [2.75, 3.05) is 9.80 Å². The molecule has 35 heavy (non-hydrogen) atoms. The summed E-state index contributed by atoms with van der Waals surface area (Å²) < 4.78 is 12.6. The van der Waals surface area contributed by atoms with Gasteiger partial charge in [-0.25, -0.2) is 0 Å². The van der Waals surface area contributed by atoms with Crippen molar-refractivity contribution >= 4 is 52.3 Å². The Labute approximate surface area is 203 Å². The smallest absolute Gasteiger partial charge is 0.200 e. The molecular weight excluding hydrogens is 431 g/mol. The molecule has 3 aliphatic heterocycles. The molecule has 0 saturated carbocycles. The lowest BCUT2D eigenvalue weighted by Gasteiger charge is -2.41. The Morgan fingerprint density at radius 3 is 1.54 bits per heavy atom. The fourth-order valence-corrected chi connectivity index (χ4v) is 5.39. The lowest BCUT2D eigenvalue weighted by atomic mass is 9.59. The van der Waals surface area contributed by atoms with Gasteiger partial charge in [0.1, 0.15) is 0 Å². The maximum atomic E-state index is 6.29. The van der Waals surface area contributed by atoms with Gasteiger partial charge in [0.25, 0.3) is 0 Å². The van der Waals surface area contributed by atoms with Crippen molar-refractivity contribution in [3.63, 3.8) is 0 Å². The third-order valence-corrected chi connectivity index (χ3v) is 6.85. The average molecular weight is 449 g/mol. The minimum Gasteiger partial charge on any atom is -0.453 e. The van der Waals surface area contributed by atoms with E-state index in [0.29, 0.717) is 0 Å². The van der Waals surface area contributed by atoms with Gasteiger partial charge in [-0.1, -0.05) is 60.1 Å². The van der Waals surface area contributed by atoms with E-state index in [1.165, 1.54) is 0 Å². The molecule has 0 bridgehead atoms. The van der Waals surface area contributed by atoms with Crippen LogP contribution in [-0.2, 0) is 0 Å². The SMILES string of the molecule is [B]1c2cccc3c2N(c2ccccc2O3)c2cccc(N3c4ccccc4Oc4ccccc43)c21. The fourth-order valence-electron chi connectivity index (χ4n) is 5.39. The van der Waals surface area contributed by atoms with Crippen molar-refractivity contribution in [2.24, 2.45) is 0 Å². The van der Waals surface area contributed by atoms with Gasteiger partial charge in [0, 0.05) is 11.4 Å². The van der Waals surface area contributed by atoms with E-state index < -0.39 is 0 Å². The number of hydrogen-bond acceptors (Lipinski definition) is 4. The summed E-state index contributed by atoms with van der Waals surface area (Å²) in [6.45, 7) is 0. The largest absolute Gasteiger partial charge is 0.453 e. The molecule has 0 amide bonds. The molecule has 5 heteroatoms. The predicted octanol–water partition coefficient (Wildman–Crippen LogP) is 6.81. The van der Waals surface area contributed by atoms with Gasteiger partial charge in [-0.15, -0.1) is 0 Å². The van der Waals surface area contributed by atoms with Crippen LogP contribution in [0, 0.1) is 0 Å². The normalized spacial score (nSPS) is 13.7. The van der Waals surface area contributed by atoms with E-state index in [-0.39, 0.29) is 0 Å². The Hall–Kier alpha value is -4.64. The van der Waals surface area contributed by atoms with E-state index in [9.17, 15) is 0 Å². The van der Waals surface area contributed by atoms with Crippen molar-refractivity contribution in [3.05, 3.63) is 109 Å². The van der Waals surface area contributed by atoms with Crippen LogP contribution in [0.3, 0.4) is 0 Å². The molecular formula is C30H18BN2O2. The number of nitrogens with zero attached hydrogens (tertiary/aromatic N) is 2. The van der Waals surface area contributed by atoms with Gasteiger partial charge in [0.2, 0.25) is 0 Å². The molecule has 1 radical (unpaired) electrons. The van der Waals surface area contributed by atoms with Crippen LogP contribution in [0.15, 0.2) is 109 Å². The van der Waals surface area contributed by atoms with Crippen molar-refractivity contribution in [1.82, 2.24) is 0 Å². The maximum Gasteiger partial charge on any atom is 0.200 e. The summed E-state index contributed by atoms with van der Waals surface area (Å²) in [5, 5.41) is 0. The Balaban J connectivity index is 1.40. The van der Waals surface area contributed by atoms with Crippen LogP contribution >= 0.6 is 0 Å². The highest BCUT2D eigenvalue weighted by Crippen LogP contribution is 2.53. The molecule has 0 N–H and O–H groups in total. The van der Waals surface area contributed by atoms with Crippen LogP contribution in [0.4, 0.5) is 34.1 Å². The third kappa shape index (κ3) is 2.58. The van der Waals surface area contributed by atoms with Crippen LogP contribution < -0.4 is 30.2 Å². The molecule has 0 fully saturated rings. The minimum atomic E-state index is 0.846. The monoisotopic (exact) mass is 449 g/mol. The second kappa shape index (κ2) is 6.94. The number of fused-ring (bicyclic) bond motifs is 6. The first-order chi connectivity index (χ1) is 17.4. The molecule has 0 spiro atoms. The molecule has 0 unspecified atom stereocenters. The predicted molar refractivity (Wildman–Crippen MR) is 141 cm³/mol. The van der Waals surface area contributed by atoms with Gasteiger partial charge in [0.15, 0.2) is 30.3 Å². The van der Waals surface area contributed by atoms with Crippen molar-refractivity contribution in [2.45, 2.75) is 0 Å². The summed E-state index contributed by atoms with van der Waals surface area (Å²) in [6.07, 6.45) is 0. The van der Waals surface area contributed by atoms with E-state index in [0.717, 1.165) is 68.0 Å². The van der Waals surface area contributed by atoms with Gasteiger partial charge < -0.3 is 19.3 Å². The average Bonchev–Trinajstić information content (AvgIpc) is 2.91. The first-order valence-electron chi connectivity index (χ1n) is 11.7.